The summed E-state index contributed by atoms with van der Waals surface area (Å²) < 4.78 is 0. The van der Waals surface area contributed by atoms with Gasteiger partial charge in [0.15, 0.2) is 0 Å². The molecule has 3 aromatic heterocycles. The van der Waals surface area contributed by atoms with Gasteiger partial charge in [-0.05, 0) is 68.2 Å². The molecule has 61 heavy (non-hydrogen) atoms. The first-order chi connectivity index (χ1) is 30.3. The standard InChI is InChI=1S/3C17H14NP.2Cu.2HI/c3*1-3-9-15(10-4-1)19(16-11-5-2-6-12-16)17-13-7-8-14-18-17;;;;/h3*1-14H;;;2*1H/q;;;2*+1;;/p-2. The van der Waals surface area contributed by atoms with Crippen molar-refractivity contribution < 1.29 is 25.5 Å². The summed E-state index contributed by atoms with van der Waals surface area (Å²) in [4.78, 5) is 13.7. The second kappa shape index (κ2) is 29.0. The minimum absolute atomic E-state index is 0.557. The summed E-state index contributed by atoms with van der Waals surface area (Å²) in [6.45, 7) is 0. The van der Waals surface area contributed by atoms with Gasteiger partial charge >= 0.3 is 66.2 Å². The number of benzene rings is 6. The maximum absolute atomic E-state index is 4.56. The van der Waals surface area contributed by atoms with E-state index in [9.17, 15) is 0 Å². The molecule has 0 atom stereocenters. The minimum Gasteiger partial charge on any atom is -0.256 e. The Labute approximate surface area is 404 Å². The van der Waals surface area contributed by atoms with E-state index in [2.05, 4.69) is 259 Å². The van der Waals surface area contributed by atoms with Crippen LogP contribution in [0.15, 0.2) is 255 Å². The maximum Gasteiger partial charge on any atom is 0.0720 e. The fourth-order valence-corrected chi connectivity index (χ4v) is 12.7. The van der Waals surface area contributed by atoms with Crippen molar-refractivity contribution in [3.8, 4) is 0 Å². The predicted molar refractivity (Wildman–Crippen MR) is 277 cm³/mol. The van der Waals surface area contributed by atoms with Crippen molar-refractivity contribution in [1.82, 2.24) is 15.0 Å². The molecule has 0 aliphatic carbocycles. The van der Waals surface area contributed by atoms with Crippen molar-refractivity contribution in [2.24, 2.45) is 0 Å². The molecule has 9 aromatic rings. The quantitative estimate of drug-likeness (QED) is 0.0822. The van der Waals surface area contributed by atoms with Gasteiger partial charge < -0.3 is 0 Å². The van der Waals surface area contributed by atoms with Gasteiger partial charge in [0.05, 0.1) is 16.3 Å². The Balaban J connectivity index is 0.000000166. The number of rotatable bonds is 9. The van der Waals surface area contributed by atoms with Gasteiger partial charge in [-0.1, -0.05) is 200 Å². The summed E-state index contributed by atoms with van der Waals surface area (Å²) >= 11 is 11.7. The molecule has 0 bridgehead atoms. The van der Waals surface area contributed by atoms with Gasteiger partial charge in [-0.15, -0.1) is 0 Å². The molecule has 0 amide bonds. The van der Waals surface area contributed by atoms with E-state index < -0.39 is 23.8 Å². The molecule has 0 aliphatic heterocycles. The molecule has 312 valence electrons. The number of hydrogen-bond donors (Lipinski definition) is 0. The molecule has 0 saturated heterocycles. The number of hydrogen-bond acceptors (Lipinski definition) is 3. The number of pyridine rings is 3. The van der Waals surface area contributed by atoms with Crippen LogP contribution in [-0.2, 0) is 25.5 Å². The van der Waals surface area contributed by atoms with Crippen LogP contribution in [0.5, 0.6) is 0 Å². The summed E-state index contributed by atoms with van der Waals surface area (Å²) in [6.07, 6.45) is 5.61. The van der Waals surface area contributed by atoms with Gasteiger partial charge in [-0.2, -0.15) is 0 Å². The second-order valence-corrected chi connectivity index (χ2v) is 19.1. The summed E-state index contributed by atoms with van der Waals surface area (Å²) in [6, 6.07) is 82.1. The Kier molecular flexibility index (Phi) is 23.1. The Morgan fingerprint density at radius 3 is 0.541 bits per heavy atom. The van der Waals surface area contributed by atoms with E-state index in [0.717, 1.165) is 16.3 Å². The van der Waals surface area contributed by atoms with E-state index in [0.29, 0.717) is 0 Å². The SMILES string of the molecule is [Cu][I].[Cu][I].c1ccc(P(c2ccccc2)c2ccccn2)cc1.c1ccc(P(c2ccccc2)c2ccccn2)cc1.c1ccc(P(c2ccccc2)c2ccccn2)cc1. The van der Waals surface area contributed by atoms with Crippen LogP contribution in [0.25, 0.3) is 0 Å². The minimum atomic E-state index is -0.557. The van der Waals surface area contributed by atoms with E-state index in [1.54, 1.807) is 40.7 Å². The van der Waals surface area contributed by atoms with E-state index in [4.69, 9.17) is 0 Å². The molecule has 3 heterocycles. The van der Waals surface area contributed by atoms with Gasteiger partial charge in [0.2, 0.25) is 0 Å². The normalized spacial score (nSPS) is 10.1. The molecule has 0 radical (unpaired) electrons. The Bertz CT molecular complexity index is 1890. The molecule has 0 unspecified atom stereocenters. The van der Waals surface area contributed by atoms with Crippen LogP contribution in [0.4, 0.5) is 0 Å². The van der Waals surface area contributed by atoms with E-state index >= 15 is 0 Å². The fourth-order valence-electron chi connectivity index (χ4n) is 6.16. The molecule has 0 saturated carbocycles. The molecule has 6 aromatic carbocycles. The zero-order valence-corrected chi connectivity index (χ0v) is 41.7. The van der Waals surface area contributed by atoms with Crippen molar-refractivity contribution in [3.63, 3.8) is 0 Å². The molecule has 0 spiro atoms. The van der Waals surface area contributed by atoms with Crippen molar-refractivity contribution in [1.29, 1.82) is 0 Å². The van der Waals surface area contributed by atoms with Crippen molar-refractivity contribution >= 4 is 113 Å². The first kappa shape index (κ1) is 48.6. The topological polar surface area (TPSA) is 38.7 Å². The molecule has 9 rings (SSSR count). The third-order valence-electron chi connectivity index (χ3n) is 8.72. The maximum atomic E-state index is 4.56. The van der Waals surface area contributed by atoms with E-state index in [1.165, 1.54) is 31.8 Å². The second-order valence-electron chi connectivity index (χ2n) is 12.6. The molecule has 0 N–H and O–H groups in total. The van der Waals surface area contributed by atoms with Crippen molar-refractivity contribution in [2.75, 3.05) is 0 Å². The Hall–Kier alpha value is -3.44. The average molecular weight is 1170 g/mol. The number of nitrogens with zero attached hydrogens (tertiary/aromatic N) is 3. The van der Waals surface area contributed by atoms with Crippen LogP contribution in [0.1, 0.15) is 0 Å². The van der Waals surface area contributed by atoms with Crippen LogP contribution in [-0.4, -0.2) is 15.0 Å². The summed E-state index contributed by atoms with van der Waals surface area (Å²) in [5.41, 5.74) is 3.44. The molecule has 10 heteroatoms. The predicted octanol–water partition coefficient (Wildman–Crippen LogP) is 10.3. The fraction of sp³-hybridized carbons (Fsp3) is 0. The molecule has 3 nitrogen and oxygen atoms in total. The summed E-state index contributed by atoms with van der Waals surface area (Å²) in [5, 5.41) is 8.01. The molecular weight excluding hydrogens is 1130 g/mol. The van der Waals surface area contributed by atoms with Crippen molar-refractivity contribution in [3.05, 3.63) is 255 Å². The monoisotopic (exact) mass is 1170 g/mol. The van der Waals surface area contributed by atoms with Gasteiger partial charge in [0.1, 0.15) is 0 Å². The van der Waals surface area contributed by atoms with E-state index in [-0.39, 0.29) is 0 Å². The Morgan fingerprint density at radius 2 is 0.393 bits per heavy atom. The van der Waals surface area contributed by atoms with Gasteiger partial charge in [0, 0.05) is 42.4 Å². The van der Waals surface area contributed by atoms with Gasteiger partial charge in [-0.25, -0.2) is 0 Å². The summed E-state index contributed by atoms with van der Waals surface area (Å²) in [5.74, 6) is 0. The largest absolute Gasteiger partial charge is 0.256 e. The third-order valence-corrected chi connectivity index (χ3v) is 15.8. The number of aromatic nitrogens is 3. The van der Waals surface area contributed by atoms with Crippen LogP contribution >= 0.6 is 64.5 Å². The smallest absolute Gasteiger partial charge is 0.0720 e. The van der Waals surface area contributed by atoms with E-state index in [1.807, 2.05) is 36.8 Å². The first-order valence-electron chi connectivity index (χ1n) is 19.0. The first-order valence-corrected chi connectivity index (χ1v) is 29.1. The van der Waals surface area contributed by atoms with Crippen molar-refractivity contribution in [2.45, 2.75) is 0 Å². The summed E-state index contributed by atoms with van der Waals surface area (Å²) in [7, 11) is -1.67. The molecule has 0 aliphatic rings. The van der Waals surface area contributed by atoms with Gasteiger partial charge in [0.25, 0.3) is 0 Å². The zero-order chi connectivity index (χ0) is 42.7. The number of halogens is 2. The van der Waals surface area contributed by atoms with Gasteiger partial charge in [-0.3, -0.25) is 15.0 Å². The molecule has 0 fully saturated rings. The van der Waals surface area contributed by atoms with Crippen LogP contribution in [0.2, 0.25) is 0 Å². The zero-order valence-electron chi connectivity index (χ0n) is 32.8. The molecular formula is C51H42Cu2I2N3P3. The van der Waals surface area contributed by atoms with Crippen LogP contribution in [0.3, 0.4) is 0 Å². The average Bonchev–Trinajstić information content (AvgIpc) is 3.37. The van der Waals surface area contributed by atoms with Crippen LogP contribution < -0.4 is 48.1 Å². The van der Waals surface area contributed by atoms with Crippen LogP contribution in [0, 0.1) is 0 Å². The third kappa shape index (κ3) is 15.4. The Morgan fingerprint density at radius 1 is 0.230 bits per heavy atom.